The molecule has 1 fully saturated rings. The van der Waals surface area contributed by atoms with Gasteiger partial charge in [-0.3, -0.25) is 4.79 Å². The summed E-state index contributed by atoms with van der Waals surface area (Å²) in [5, 5.41) is 0. The number of likely N-dealkylation sites (tertiary alicyclic amines) is 1. The van der Waals surface area contributed by atoms with Crippen molar-refractivity contribution >= 4 is 11.9 Å². The molecule has 0 aromatic carbocycles. The van der Waals surface area contributed by atoms with Crippen molar-refractivity contribution in [2.45, 2.75) is 32.7 Å². The Bertz CT molecular complexity index is 258. The average molecular weight is 228 g/mol. The lowest BCUT2D eigenvalue weighted by Gasteiger charge is -2.31. The third kappa shape index (κ3) is 3.20. The Hall–Kier alpha value is -1.10. The Kier molecular flexibility index (Phi) is 4.73. The molecule has 1 heterocycles. The summed E-state index contributed by atoms with van der Waals surface area (Å²) >= 11 is 0. The molecule has 1 aliphatic heterocycles. The van der Waals surface area contributed by atoms with Crippen LogP contribution in [0.5, 0.6) is 0 Å². The van der Waals surface area contributed by atoms with Crippen molar-refractivity contribution in [1.29, 1.82) is 0 Å². The highest BCUT2D eigenvalue weighted by Crippen LogP contribution is 2.19. The molecule has 16 heavy (non-hydrogen) atoms. The van der Waals surface area contributed by atoms with Crippen LogP contribution in [0.2, 0.25) is 0 Å². The van der Waals surface area contributed by atoms with E-state index in [1.165, 1.54) is 0 Å². The van der Waals surface area contributed by atoms with E-state index in [2.05, 4.69) is 0 Å². The van der Waals surface area contributed by atoms with Crippen molar-refractivity contribution in [2.24, 2.45) is 11.7 Å². The van der Waals surface area contributed by atoms with E-state index in [1.807, 2.05) is 0 Å². The number of nitrogens with two attached hydrogens (primary N) is 1. The predicted octanol–water partition coefficient (Wildman–Crippen LogP) is 0.771. The molecule has 0 bridgehead atoms. The number of Topliss-reactive ketones (excluding diaryl/α,β-unsaturated/α-hetero) is 1. The quantitative estimate of drug-likeness (QED) is 0.774. The van der Waals surface area contributed by atoms with E-state index in [9.17, 15) is 9.59 Å². The van der Waals surface area contributed by atoms with Gasteiger partial charge < -0.3 is 15.4 Å². The first-order valence-corrected chi connectivity index (χ1v) is 5.77. The van der Waals surface area contributed by atoms with Crippen molar-refractivity contribution < 1.29 is 14.3 Å². The van der Waals surface area contributed by atoms with Crippen LogP contribution in [0.25, 0.3) is 0 Å². The standard InChI is InChI=1S/C11H20N2O3/c1-3-16-11(15)13-6-4-9(5-7-13)10(14)8(2)12/h8-9H,3-7,12H2,1-2H3. The molecule has 0 saturated carbocycles. The second-order valence-corrected chi connectivity index (χ2v) is 4.15. The molecule has 0 aromatic heterocycles. The molecule has 1 amide bonds. The van der Waals surface area contributed by atoms with Crippen LogP contribution in [0.3, 0.4) is 0 Å². The van der Waals surface area contributed by atoms with Gasteiger partial charge in [0.2, 0.25) is 0 Å². The van der Waals surface area contributed by atoms with E-state index < -0.39 is 6.04 Å². The Morgan fingerprint density at radius 2 is 2.00 bits per heavy atom. The number of rotatable bonds is 3. The molecule has 2 N–H and O–H groups in total. The van der Waals surface area contributed by atoms with E-state index in [0.717, 1.165) is 0 Å². The Morgan fingerprint density at radius 1 is 1.44 bits per heavy atom. The highest BCUT2D eigenvalue weighted by molar-refractivity contribution is 5.86. The molecule has 1 aliphatic rings. The van der Waals surface area contributed by atoms with Crippen LogP contribution in [0.1, 0.15) is 26.7 Å². The van der Waals surface area contributed by atoms with Gasteiger partial charge in [0.1, 0.15) is 0 Å². The van der Waals surface area contributed by atoms with Crippen LogP contribution in [0.4, 0.5) is 4.79 Å². The van der Waals surface area contributed by atoms with Crippen LogP contribution in [-0.2, 0) is 9.53 Å². The van der Waals surface area contributed by atoms with Gasteiger partial charge in [-0.25, -0.2) is 4.79 Å². The molecule has 0 aromatic rings. The SMILES string of the molecule is CCOC(=O)N1CCC(C(=O)C(C)N)CC1. The summed E-state index contributed by atoms with van der Waals surface area (Å²) in [6, 6.07) is -0.404. The van der Waals surface area contributed by atoms with Gasteiger partial charge in [-0.2, -0.15) is 0 Å². The molecular formula is C11H20N2O3. The number of amides is 1. The molecular weight excluding hydrogens is 208 g/mol. The van der Waals surface area contributed by atoms with Gasteiger partial charge in [-0.1, -0.05) is 0 Å². The fourth-order valence-corrected chi connectivity index (χ4v) is 1.93. The summed E-state index contributed by atoms with van der Waals surface area (Å²) < 4.78 is 4.90. The molecule has 92 valence electrons. The summed E-state index contributed by atoms with van der Waals surface area (Å²) in [7, 11) is 0. The van der Waals surface area contributed by atoms with Crippen molar-refractivity contribution in [3.63, 3.8) is 0 Å². The molecule has 1 rings (SSSR count). The van der Waals surface area contributed by atoms with E-state index in [4.69, 9.17) is 10.5 Å². The first-order valence-electron chi connectivity index (χ1n) is 5.77. The minimum absolute atomic E-state index is 0.00526. The van der Waals surface area contributed by atoms with E-state index in [-0.39, 0.29) is 17.8 Å². The van der Waals surface area contributed by atoms with Crippen molar-refractivity contribution in [2.75, 3.05) is 19.7 Å². The molecule has 1 atom stereocenters. The smallest absolute Gasteiger partial charge is 0.409 e. The van der Waals surface area contributed by atoms with Crippen LogP contribution in [0.15, 0.2) is 0 Å². The number of nitrogens with zero attached hydrogens (tertiary/aromatic N) is 1. The topological polar surface area (TPSA) is 72.6 Å². The zero-order valence-electron chi connectivity index (χ0n) is 9.94. The summed E-state index contributed by atoms with van der Waals surface area (Å²) in [6.45, 7) is 5.05. The Balaban J connectivity index is 2.39. The van der Waals surface area contributed by atoms with Gasteiger partial charge >= 0.3 is 6.09 Å². The first kappa shape index (κ1) is 13.0. The van der Waals surface area contributed by atoms with E-state index >= 15 is 0 Å². The lowest BCUT2D eigenvalue weighted by Crippen LogP contribution is -2.43. The van der Waals surface area contributed by atoms with Gasteiger partial charge in [-0.15, -0.1) is 0 Å². The van der Waals surface area contributed by atoms with E-state index in [0.29, 0.717) is 32.5 Å². The van der Waals surface area contributed by atoms with Gasteiger partial charge in [0.05, 0.1) is 12.6 Å². The van der Waals surface area contributed by atoms with Crippen molar-refractivity contribution in [3.05, 3.63) is 0 Å². The number of ketones is 1. The first-order chi connectivity index (χ1) is 7.56. The normalized spacial score (nSPS) is 19.3. The number of carbonyl (C=O) groups is 2. The highest BCUT2D eigenvalue weighted by atomic mass is 16.6. The molecule has 1 saturated heterocycles. The zero-order chi connectivity index (χ0) is 12.1. The average Bonchev–Trinajstić information content (AvgIpc) is 2.28. The third-order valence-corrected chi connectivity index (χ3v) is 2.87. The lowest BCUT2D eigenvalue weighted by molar-refractivity contribution is -0.125. The number of ether oxygens (including phenoxy) is 1. The maximum atomic E-state index is 11.6. The van der Waals surface area contributed by atoms with E-state index in [1.54, 1.807) is 18.7 Å². The molecule has 0 radical (unpaired) electrons. The van der Waals surface area contributed by atoms with Crippen LogP contribution in [0, 0.1) is 5.92 Å². The number of hydrogen-bond donors (Lipinski definition) is 1. The van der Waals surface area contributed by atoms with Crippen molar-refractivity contribution in [1.82, 2.24) is 4.90 Å². The highest BCUT2D eigenvalue weighted by Gasteiger charge is 2.28. The summed E-state index contributed by atoms with van der Waals surface area (Å²) in [5.41, 5.74) is 5.55. The van der Waals surface area contributed by atoms with Crippen LogP contribution in [-0.4, -0.2) is 42.5 Å². The van der Waals surface area contributed by atoms with Gasteiger partial charge in [0, 0.05) is 19.0 Å². The number of carbonyl (C=O) groups excluding carboxylic acids is 2. The molecule has 5 nitrogen and oxygen atoms in total. The summed E-state index contributed by atoms with van der Waals surface area (Å²) in [5.74, 6) is 0.106. The molecule has 0 aliphatic carbocycles. The predicted molar refractivity (Wildman–Crippen MR) is 60.0 cm³/mol. The van der Waals surface area contributed by atoms with Crippen LogP contribution >= 0.6 is 0 Å². The third-order valence-electron chi connectivity index (χ3n) is 2.87. The minimum Gasteiger partial charge on any atom is -0.450 e. The van der Waals surface area contributed by atoms with Gasteiger partial charge in [-0.05, 0) is 26.7 Å². The second-order valence-electron chi connectivity index (χ2n) is 4.15. The molecule has 0 spiro atoms. The van der Waals surface area contributed by atoms with Crippen molar-refractivity contribution in [3.8, 4) is 0 Å². The molecule has 1 unspecified atom stereocenters. The summed E-state index contributed by atoms with van der Waals surface area (Å²) in [6.07, 6.45) is 1.10. The molecule has 5 heteroatoms. The Morgan fingerprint density at radius 3 is 2.44 bits per heavy atom. The van der Waals surface area contributed by atoms with Gasteiger partial charge in [0.15, 0.2) is 5.78 Å². The maximum Gasteiger partial charge on any atom is 0.409 e. The monoisotopic (exact) mass is 228 g/mol. The maximum absolute atomic E-state index is 11.6. The minimum atomic E-state index is -0.404. The Labute approximate surface area is 95.9 Å². The zero-order valence-corrected chi connectivity index (χ0v) is 9.94. The van der Waals surface area contributed by atoms with Gasteiger partial charge in [0.25, 0.3) is 0 Å². The largest absolute Gasteiger partial charge is 0.450 e. The summed E-state index contributed by atoms with van der Waals surface area (Å²) in [4.78, 5) is 24.7. The number of hydrogen-bond acceptors (Lipinski definition) is 4. The number of piperidine rings is 1. The van der Waals surface area contributed by atoms with Crippen LogP contribution < -0.4 is 5.73 Å². The lowest BCUT2D eigenvalue weighted by atomic mass is 9.90. The second kappa shape index (κ2) is 5.84. The fraction of sp³-hybridized carbons (Fsp3) is 0.818. The fourth-order valence-electron chi connectivity index (χ4n) is 1.93.